The number of fused-ring (bicyclic) bond motifs is 4. The second-order valence-corrected chi connectivity index (χ2v) is 11.5. The third-order valence-electron chi connectivity index (χ3n) is 8.31. The molecule has 0 saturated carbocycles. The molecule has 0 atom stereocenters. The minimum absolute atomic E-state index is 0.0158. The van der Waals surface area contributed by atoms with Gasteiger partial charge in [0.1, 0.15) is 34.8 Å². The number of para-hydroxylation sites is 1. The van der Waals surface area contributed by atoms with Gasteiger partial charge in [0.2, 0.25) is 0 Å². The van der Waals surface area contributed by atoms with Gasteiger partial charge < -0.3 is 28.5 Å². The largest absolute Gasteiger partial charge is 0.497 e. The molecule has 0 saturated heterocycles. The number of aromatic carboxylic acids is 1. The maximum Gasteiger partial charge on any atom is 0.355 e. The number of carboxylic acids is 1. The second-order valence-electron chi connectivity index (χ2n) is 11.0. The van der Waals surface area contributed by atoms with Crippen LogP contribution in [0, 0.1) is 0 Å². The monoisotopic (exact) mass is 646 g/mol. The molecule has 7 aromatic rings. The number of carboxylic acid groups (broad SMARTS) is 1. The van der Waals surface area contributed by atoms with E-state index >= 15 is 0 Å². The van der Waals surface area contributed by atoms with Crippen molar-refractivity contribution in [1.29, 1.82) is 0 Å². The third-order valence-corrected chi connectivity index (χ3v) is 8.87. The molecule has 4 aromatic carbocycles. The molecule has 0 amide bonds. The lowest BCUT2D eigenvalue weighted by atomic mass is 10.0. The van der Waals surface area contributed by atoms with Crippen molar-refractivity contribution in [3.05, 3.63) is 107 Å². The van der Waals surface area contributed by atoms with E-state index in [0.717, 1.165) is 50.3 Å². The molecule has 3 aromatic heterocycles. The number of rotatable bonds is 10. The fourth-order valence-corrected chi connectivity index (χ4v) is 6.71. The molecule has 47 heavy (non-hydrogen) atoms. The van der Waals surface area contributed by atoms with Crippen LogP contribution in [-0.2, 0) is 24.9 Å². The number of aromatic nitrogens is 4. The van der Waals surface area contributed by atoms with E-state index in [1.807, 2.05) is 54.1 Å². The number of nitrogens with zero attached hydrogens (tertiary/aromatic N) is 4. The van der Waals surface area contributed by atoms with Crippen LogP contribution in [0.2, 0.25) is 0 Å². The van der Waals surface area contributed by atoms with E-state index < -0.39 is 11.9 Å². The number of esters is 1. The average Bonchev–Trinajstić information content (AvgIpc) is 3.77. The van der Waals surface area contributed by atoms with Gasteiger partial charge in [-0.25, -0.2) is 9.59 Å². The molecule has 0 aliphatic carbocycles. The minimum atomic E-state index is -1.04. The number of methoxy groups -OCH3 is 1. The second kappa shape index (κ2) is 12.3. The highest BCUT2D eigenvalue weighted by Gasteiger charge is 2.31. The average molecular weight is 647 g/mol. The molecule has 0 aliphatic rings. The number of hydrogen-bond donors (Lipinski definition) is 1. The Morgan fingerprint density at radius 2 is 1.70 bits per heavy atom. The fourth-order valence-electron chi connectivity index (χ4n) is 6.19. The summed E-state index contributed by atoms with van der Waals surface area (Å²) in [5.74, 6) is -0.544. The lowest BCUT2D eigenvalue weighted by Crippen LogP contribution is -2.14. The Labute approximate surface area is 273 Å². The predicted molar refractivity (Wildman–Crippen MR) is 181 cm³/mol. The summed E-state index contributed by atoms with van der Waals surface area (Å²) in [5, 5.41) is 10.8. The van der Waals surface area contributed by atoms with E-state index in [4.69, 9.17) is 14.2 Å². The van der Waals surface area contributed by atoms with Crippen molar-refractivity contribution >= 4 is 56.6 Å². The van der Waals surface area contributed by atoms with Gasteiger partial charge >= 0.3 is 11.9 Å². The van der Waals surface area contributed by atoms with E-state index in [-0.39, 0.29) is 18.8 Å². The lowest BCUT2D eigenvalue weighted by Gasteiger charge is -2.17. The third kappa shape index (κ3) is 5.24. The summed E-state index contributed by atoms with van der Waals surface area (Å²) < 4.78 is 30.5. The molecule has 10 nitrogen and oxygen atoms in total. The van der Waals surface area contributed by atoms with E-state index in [1.54, 1.807) is 44.4 Å². The Morgan fingerprint density at radius 3 is 2.51 bits per heavy atom. The standard InChI is InChI=1S/C36H30N4O6S/c1-4-45-36(43)34-31(26-15-14-23(44-3)18-30(26)46-20-22-9-5-6-10-24(22)35(41)42)33-32(25-11-7-8-12-29(25)39(33)2)40(34)19-21-13-16-27-28(17-21)38-47-37-27/h5-18H,4,19-20H2,1-3H3,(H,41,42). The molecule has 0 aliphatic heterocycles. The van der Waals surface area contributed by atoms with Crippen molar-refractivity contribution in [3.8, 4) is 22.6 Å². The first-order valence-electron chi connectivity index (χ1n) is 15.0. The molecule has 0 spiro atoms. The zero-order chi connectivity index (χ0) is 32.7. The van der Waals surface area contributed by atoms with Gasteiger partial charge in [-0.1, -0.05) is 42.5 Å². The molecule has 0 bridgehead atoms. The first-order valence-corrected chi connectivity index (χ1v) is 15.7. The summed E-state index contributed by atoms with van der Waals surface area (Å²) in [5.41, 5.74) is 7.55. The normalized spacial score (nSPS) is 11.4. The van der Waals surface area contributed by atoms with Crippen LogP contribution in [0.1, 0.15) is 38.9 Å². The highest BCUT2D eigenvalue weighted by atomic mass is 32.1. The molecular weight excluding hydrogens is 616 g/mol. The van der Waals surface area contributed by atoms with Gasteiger partial charge in [0.15, 0.2) is 0 Å². The maximum atomic E-state index is 14.1. The SMILES string of the molecule is CCOC(=O)c1c(-c2ccc(OC)cc2OCc2ccccc2C(=O)O)c2c(c3ccccc3n2C)n1Cc1ccc2nsnc2c1. The molecular formula is C36H30N4O6S. The Hall–Kier alpha value is -5.68. The molecule has 0 fully saturated rings. The zero-order valence-corrected chi connectivity index (χ0v) is 26.7. The quantitative estimate of drug-likeness (QED) is 0.154. The Morgan fingerprint density at radius 1 is 0.915 bits per heavy atom. The van der Waals surface area contributed by atoms with Crippen LogP contribution in [-0.4, -0.2) is 48.6 Å². The Kier molecular flexibility index (Phi) is 7.82. The van der Waals surface area contributed by atoms with Crippen LogP contribution in [0.15, 0.2) is 84.9 Å². The fraction of sp³-hybridized carbons (Fsp3) is 0.167. The smallest absolute Gasteiger partial charge is 0.355 e. The summed E-state index contributed by atoms with van der Waals surface area (Å²) in [6.45, 7) is 2.32. The first-order chi connectivity index (χ1) is 22.9. The number of benzene rings is 4. The van der Waals surface area contributed by atoms with Crippen LogP contribution < -0.4 is 9.47 Å². The van der Waals surface area contributed by atoms with Crippen molar-refractivity contribution in [2.75, 3.05) is 13.7 Å². The maximum absolute atomic E-state index is 14.1. The summed E-state index contributed by atoms with van der Waals surface area (Å²) in [6.07, 6.45) is 0. The van der Waals surface area contributed by atoms with Crippen LogP contribution in [0.5, 0.6) is 11.5 Å². The van der Waals surface area contributed by atoms with Gasteiger partial charge in [-0.2, -0.15) is 8.75 Å². The molecule has 236 valence electrons. The van der Waals surface area contributed by atoms with Crippen LogP contribution in [0.25, 0.3) is 44.1 Å². The van der Waals surface area contributed by atoms with Gasteiger partial charge in [-0.05, 0) is 48.9 Å². The van der Waals surface area contributed by atoms with Gasteiger partial charge in [-0.3, -0.25) is 0 Å². The van der Waals surface area contributed by atoms with Crippen molar-refractivity contribution in [2.45, 2.75) is 20.1 Å². The number of carbonyl (C=O) groups is 2. The molecule has 11 heteroatoms. The number of carbonyl (C=O) groups excluding carboxylic acids is 1. The summed E-state index contributed by atoms with van der Waals surface area (Å²) in [4.78, 5) is 26.0. The molecule has 7 rings (SSSR count). The predicted octanol–water partition coefficient (Wildman–Crippen LogP) is 7.32. The van der Waals surface area contributed by atoms with E-state index in [2.05, 4.69) is 25.4 Å². The van der Waals surface area contributed by atoms with Crippen molar-refractivity contribution < 1.29 is 28.9 Å². The Bertz CT molecular complexity index is 2320. The summed E-state index contributed by atoms with van der Waals surface area (Å²) in [7, 11) is 3.55. The van der Waals surface area contributed by atoms with E-state index in [0.29, 0.717) is 40.4 Å². The van der Waals surface area contributed by atoms with Crippen LogP contribution >= 0.6 is 11.7 Å². The highest BCUT2D eigenvalue weighted by molar-refractivity contribution is 7.00. The minimum Gasteiger partial charge on any atom is -0.497 e. The van der Waals surface area contributed by atoms with E-state index in [1.165, 1.54) is 0 Å². The van der Waals surface area contributed by atoms with E-state index in [9.17, 15) is 14.7 Å². The molecule has 0 radical (unpaired) electrons. The molecule has 1 N–H and O–H groups in total. The molecule has 0 unspecified atom stereocenters. The van der Waals surface area contributed by atoms with Gasteiger partial charge in [0, 0.05) is 41.7 Å². The summed E-state index contributed by atoms with van der Waals surface area (Å²) >= 11 is 1.16. The van der Waals surface area contributed by atoms with Crippen molar-refractivity contribution in [1.82, 2.24) is 17.9 Å². The number of hydrogen-bond acceptors (Lipinski definition) is 8. The number of aryl methyl sites for hydroxylation is 1. The van der Waals surface area contributed by atoms with Gasteiger partial charge in [0.05, 0.1) is 47.6 Å². The lowest BCUT2D eigenvalue weighted by molar-refractivity contribution is 0.0515. The van der Waals surface area contributed by atoms with Crippen LogP contribution in [0.3, 0.4) is 0 Å². The topological polar surface area (TPSA) is 118 Å². The van der Waals surface area contributed by atoms with Crippen molar-refractivity contribution in [2.24, 2.45) is 7.05 Å². The highest BCUT2D eigenvalue weighted by Crippen LogP contribution is 2.45. The van der Waals surface area contributed by atoms with Gasteiger partial charge in [-0.15, -0.1) is 0 Å². The molecule has 3 heterocycles. The Balaban J connectivity index is 1.49. The zero-order valence-electron chi connectivity index (χ0n) is 25.9. The first kappa shape index (κ1) is 30.0. The van der Waals surface area contributed by atoms with Gasteiger partial charge in [0.25, 0.3) is 0 Å². The summed E-state index contributed by atoms with van der Waals surface area (Å²) in [6, 6.07) is 26.2. The van der Waals surface area contributed by atoms with Crippen molar-refractivity contribution in [3.63, 3.8) is 0 Å². The number of ether oxygens (including phenoxy) is 3. The van der Waals surface area contributed by atoms with Crippen LogP contribution in [0.4, 0.5) is 0 Å².